The lowest BCUT2D eigenvalue weighted by Crippen LogP contribution is -2.19. The van der Waals surface area contributed by atoms with Crippen molar-refractivity contribution in [2.24, 2.45) is 0 Å². The van der Waals surface area contributed by atoms with E-state index in [1.54, 1.807) is 37.3 Å². The maximum atomic E-state index is 12.6. The Balaban J connectivity index is 2.02. The van der Waals surface area contributed by atoms with Crippen LogP contribution < -0.4 is 5.32 Å². The molecule has 11 nitrogen and oxygen atoms in total. The van der Waals surface area contributed by atoms with Crippen LogP contribution in [0.4, 0.5) is 11.6 Å². The molecule has 0 atom stereocenters. The predicted molar refractivity (Wildman–Crippen MR) is 100 cm³/mol. The Hall–Kier alpha value is -3.54. The Bertz CT molecular complexity index is 1050. The number of carbonyl (C=O) groups is 2. The maximum Gasteiger partial charge on any atom is 0.357 e. The Morgan fingerprint density at radius 3 is 2.68 bits per heavy atom. The van der Waals surface area contributed by atoms with Crippen molar-refractivity contribution in [1.82, 2.24) is 20.0 Å². The van der Waals surface area contributed by atoms with E-state index in [0.29, 0.717) is 5.69 Å². The van der Waals surface area contributed by atoms with E-state index in [0.717, 1.165) is 0 Å². The van der Waals surface area contributed by atoms with Gasteiger partial charge in [0.1, 0.15) is 10.0 Å². The molecule has 144 valence electrons. The SMILES string of the molecule is CCOC(=O)c1cnn(-c2ccccc2)c1NC(=O)c1n[nH]c([N+](=O)[O-])c1Br. The van der Waals surface area contributed by atoms with Crippen molar-refractivity contribution in [3.8, 4) is 5.69 Å². The van der Waals surface area contributed by atoms with E-state index >= 15 is 0 Å². The van der Waals surface area contributed by atoms with Gasteiger partial charge in [-0.2, -0.15) is 5.10 Å². The van der Waals surface area contributed by atoms with Gasteiger partial charge in [0.25, 0.3) is 5.91 Å². The van der Waals surface area contributed by atoms with E-state index in [9.17, 15) is 19.7 Å². The first-order chi connectivity index (χ1) is 13.4. The number of nitrogens with one attached hydrogen (secondary N) is 2. The fraction of sp³-hybridized carbons (Fsp3) is 0.125. The lowest BCUT2D eigenvalue weighted by molar-refractivity contribution is -0.390. The van der Waals surface area contributed by atoms with Gasteiger partial charge in [0.05, 0.1) is 18.5 Å². The Labute approximate surface area is 166 Å². The summed E-state index contributed by atoms with van der Waals surface area (Å²) < 4.78 is 6.23. The van der Waals surface area contributed by atoms with Crippen LogP contribution in [0.25, 0.3) is 5.69 Å². The monoisotopic (exact) mass is 448 g/mol. The van der Waals surface area contributed by atoms with E-state index in [4.69, 9.17) is 4.74 Å². The number of benzene rings is 1. The Morgan fingerprint density at radius 1 is 1.36 bits per heavy atom. The molecule has 0 spiro atoms. The fourth-order valence-corrected chi connectivity index (χ4v) is 2.85. The number of anilines is 1. The van der Waals surface area contributed by atoms with Crippen molar-refractivity contribution in [3.63, 3.8) is 0 Å². The molecule has 0 aliphatic carbocycles. The van der Waals surface area contributed by atoms with E-state index in [-0.39, 0.29) is 28.2 Å². The predicted octanol–water partition coefficient (Wildman–Crippen LogP) is 2.70. The van der Waals surface area contributed by atoms with Gasteiger partial charge in [-0.05, 0) is 39.9 Å². The number of aromatic nitrogens is 4. The first-order valence-corrected chi connectivity index (χ1v) is 8.73. The van der Waals surface area contributed by atoms with Crippen molar-refractivity contribution < 1.29 is 19.2 Å². The van der Waals surface area contributed by atoms with Gasteiger partial charge in [-0.15, -0.1) is 5.10 Å². The zero-order valence-electron chi connectivity index (χ0n) is 14.4. The molecule has 0 radical (unpaired) electrons. The minimum Gasteiger partial charge on any atom is -0.462 e. The van der Waals surface area contributed by atoms with Crippen molar-refractivity contribution in [2.75, 3.05) is 11.9 Å². The molecule has 2 N–H and O–H groups in total. The molecule has 2 heterocycles. The number of rotatable bonds is 6. The molecule has 0 unspecified atom stereocenters. The molecule has 3 aromatic rings. The first kappa shape index (κ1) is 19.2. The second kappa shape index (κ2) is 8.00. The van der Waals surface area contributed by atoms with Crippen LogP contribution in [-0.2, 0) is 4.74 Å². The summed E-state index contributed by atoms with van der Waals surface area (Å²) in [5.74, 6) is -1.87. The molecular weight excluding hydrogens is 436 g/mol. The van der Waals surface area contributed by atoms with Gasteiger partial charge < -0.3 is 20.2 Å². The third-order valence-corrected chi connectivity index (χ3v) is 4.34. The molecule has 2 aromatic heterocycles. The second-order valence-corrected chi connectivity index (χ2v) is 6.11. The average molecular weight is 449 g/mol. The highest BCUT2D eigenvalue weighted by Crippen LogP contribution is 2.27. The number of halogens is 1. The second-order valence-electron chi connectivity index (χ2n) is 5.32. The van der Waals surface area contributed by atoms with Gasteiger partial charge in [0.2, 0.25) is 0 Å². The van der Waals surface area contributed by atoms with Crippen molar-refractivity contribution in [3.05, 3.63) is 62.4 Å². The number of H-pyrrole nitrogens is 1. The molecule has 0 bridgehead atoms. The molecule has 0 aliphatic heterocycles. The number of amides is 1. The number of hydrogen-bond acceptors (Lipinski definition) is 7. The summed E-state index contributed by atoms with van der Waals surface area (Å²) in [5, 5.41) is 23.4. The zero-order chi connectivity index (χ0) is 20.3. The van der Waals surface area contributed by atoms with Gasteiger partial charge in [-0.25, -0.2) is 9.48 Å². The van der Waals surface area contributed by atoms with Crippen LogP contribution >= 0.6 is 15.9 Å². The number of ether oxygens (including phenoxy) is 1. The normalized spacial score (nSPS) is 10.5. The van der Waals surface area contributed by atoms with Crippen LogP contribution in [0.5, 0.6) is 0 Å². The highest BCUT2D eigenvalue weighted by Gasteiger charge is 2.28. The van der Waals surface area contributed by atoms with Gasteiger partial charge >= 0.3 is 11.8 Å². The minimum atomic E-state index is -0.778. The maximum absolute atomic E-state index is 12.6. The van der Waals surface area contributed by atoms with E-state index in [2.05, 4.69) is 36.5 Å². The molecule has 0 fully saturated rings. The van der Waals surface area contributed by atoms with Gasteiger partial charge in [0, 0.05) is 0 Å². The van der Waals surface area contributed by atoms with E-state index in [1.807, 2.05) is 0 Å². The van der Waals surface area contributed by atoms with Gasteiger partial charge in [-0.3, -0.25) is 4.79 Å². The van der Waals surface area contributed by atoms with E-state index < -0.39 is 22.6 Å². The molecular formula is C16H13BrN6O5. The summed E-state index contributed by atoms with van der Waals surface area (Å²) in [5.41, 5.74) is 0.364. The Morgan fingerprint density at radius 2 is 2.07 bits per heavy atom. The summed E-state index contributed by atoms with van der Waals surface area (Å²) in [4.78, 5) is 35.1. The summed E-state index contributed by atoms with van der Waals surface area (Å²) in [6, 6.07) is 8.79. The topological polar surface area (TPSA) is 145 Å². The molecule has 0 saturated heterocycles. The molecule has 0 saturated carbocycles. The standard InChI is InChI=1S/C16H13BrN6O5/c1-2-28-16(25)10-8-18-22(9-6-4-3-5-7-9)13(10)19-15(24)12-11(17)14(21-20-12)23(26)27/h3-8H,2H2,1H3,(H,19,24)(H,20,21). The van der Waals surface area contributed by atoms with Crippen molar-refractivity contribution in [1.29, 1.82) is 0 Å². The summed E-state index contributed by atoms with van der Waals surface area (Å²) in [6.07, 6.45) is 1.27. The highest BCUT2D eigenvalue weighted by molar-refractivity contribution is 9.10. The number of aromatic amines is 1. The number of hydrogen-bond donors (Lipinski definition) is 2. The number of para-hydroxylation sites is 1. The van der Waals surface area contributed by atoms with Crippen molar-refractivity contribution >= 4 is 39.4 Å². The average Bonchev–Trinajstić information content (AvgIpc) is 3.26. The largest absolute Gasteiger partial charge is 0.462 e. The number of esters is 1. The van der Waals surface area contributed by atoms with Crippen LogP contribution in [0.15, 0.2) is 41.0 Å². The molecule has 0 aliphatic rings. The fourth-order valence-electron chi connectivity index (χ4n) is 2.35. The molecule has 12 heteroatoms. The first-order valence-electron chi connectivity index (χ1n) is 7.94. The summed E-state index contributed by atoms with van der Waals surface area (Å²) in [7, 11) is 0. The van der Waals surface area contributed by atoms with Gasteiger partial charge in [-0.1, -0.05) is 23.3 Å². The number of nitrogens with zero attached hydrogens (tertiary/aromatic N) is 4. The third kappa shape index (κ3) is 3.62. The van der Waals surface area contributed by atoms with E-state index in [1.165, 1.54) is 10.9 Å². The van der Waals surface area contributed by atoms with Crippen LogP contribution in [0.2, 0.25) is 0 Å². The minimum absolute atomic E-state index is 0.0280. The molecule has 3 rings (SSSR count). The van der Waals surface area contributed by atoms with Crippen LogP contribution in [0, 0.1) is 10.1 Å². The van der Waals surface area contributed by atoms with Gasteiger partial charge in [0.15, 0.2) is 11.5 Å². The van der Waals surface area contributed by atoms with Crippen molar-refractivity contribution in [2.45, 2.75) is 6.92 Å². The molecule has 1 amide bonds. The van der Waals surface area contributed by atoms with Crippen LogP contribution in [-0.4, -0.2) is 43.4 Å². The molecule has 1 aromatic carbocycles. The quantitative estimate of drug-likeness (QED) is 0.334. The highest BCUT2D eigenvalue weighted by atomic mass is 79.9. The Kier molecular flexibility index (Phi) is 5.49. The smallest absolute Gasteiger partial charge is 0.357 e. The number of carbonyl (C=O) groups excluding carboxylic acids is 2. The molecule has 28 heavy (non-hydrogen) atoms. The number of nitro groups is 1. The third-order valence-electron chi connectivity index (χ3n) is 3.58. The lowest BCUT2D eigenvalue weighted by Gasteiger charge is -2.10. The summed E-state index contributed by atoms with van der Waals surface area (Å²) >= 11 is 2.98. The summed E-state index contributed by atoms with van der Waals surface area (Å²) in [6.45, 7) is 1.79. The van der Waals surface area contributed by atoms with Crippen LogP contribution in [0.3, 0.4) is 0 Å². The van der Waals surface area contributed by atoms with Crippen LogP contribution in [0.1, 0.15) is 27.8 Å². The zero-order valence-corrected chi connectivity index (χ0v) is 16.0. The lowest BCUT2D eigenvalue weighted by atomic mass is 10.3.